The summed E-state index contributed by atoms with van der Waals surface area (Å²) in [6.07, 6.45) is 0. The van der Waals surface area contributed by atoms with Crippen LogP contribution in [0.25, 0.3) is 33.0 Å². The molecule has 1 aromatic carbocycles. The first kappa shape index (κ1) is 9.71. The van der Waals surface area contributed by atoms with Gasteiger partial charge >= 0.3 is 0 Å². The molecule has 88 valence electrons. The molecular weight excluding hydrogens is 222 g/mol. The summed E-state index contributed by atoms with van der Waals surface area (Å²) in [7, 11) is 0. The molecule has 3 heterocycles. The Morgan fingerprint density at radius 3 is 2.61 bits per heavy atom. The summed E-state index contributed by atoms with van der Waals surface area (Å²) in [5, 5.41) is 1.23. The van der Waals surface area contributed by atoms with Gasteiger partial charge in [0.25, 0.3) is 0 Å². The van der Waals surface area contributed by atoms with Crippen LogP contribution in [0.3, 0.4) is 0 Å². The number of benzene rings is 1. The first-order valence-corrected chi connectivity index (χ1v) is 6.10. The van der Waals surface area contributed by atoms with E-state index in [1.165, 1.54) is 16.5 Å². The lowest BCUT2D eigenvalue weighted by atomic mass is 10.2. The van der Waals surface area contributed by atoms with Gasteiger partial charge in [0, 0.05) is 16.6 Å². The van der Waals surface area contributed by atoms with Crippen LogP contribution >= 0.6 is 0 Å². The highest BCUT2D eigenvalue weighted by molar-refractivity contribution is 6.15. The van der Waals surface area contributed by atoms with E-state index in [2.05, 4.69) is 46.1 Å². The minimum Gasteiger partial charge on any atom is -0.351 e. The zero-order chi connectivity index (χ0) is 12.3. The highest BCUT2D eigenvalue weighted by Crippen LogP contribution is 2.30. The van der Waals surface area contributed by atoms with E-state index in [9.17, 15) is 0 Å². The molecule has 3 aromatic heterocycles. The Hall–Kier alpha value is -2.29. The second kappa shape index (κ2) is 3.13. The van der Waals surface area contributed by atoms with Crippen molar-refractivity contribution in [3.63, 3.8) is 0 Å². The van der Waals surface area contributed by atoms with E-state index in [4.69, 9.17) is 0 Å². The van der Waals surface area contributed by atoms with Crippen LogP contribution in [0.5, 0.6) is 0 Å². The highest BCUT2D eigenvalue weighted by Gasteiger charge is 2.11. The van der Waals surface area contributed by atoms with Crippen molar-refractivity contribution in [1.29, 1.82) is 0 Å². The molecular formula is C15H13N3. The molecule has 4 rings (SSSR count). The molecule has 0 aliphatic carbocycles. The van der Waals surface area contributed by atoms with Crippen molar-refractivity contribution in [3.05, 3.63) is 41.6 Å². The fraction of sp³-hybridized carbons (Fsp3) is 0.133. The molecule has 0 saturated heterocycles. The van der Waals surface area contributed by atoms with E-state index < -0.39 is 0 Å². The molecule has 2 N–H and O–H groups in total. The SMILES string of the molecule is Cc1ccc2c(c1)[nH]c1c3nc(C)ccc3[nH]c21. The van der Waals surface area contributed by atoms with Crippen molar-refractivity contribution < 1.29 is 0 Å². The smallest absolute Gasteiger partial charge is 0.112 e. The summed E-state index contributed by atoms with van der Waals surface area (Å²) in [6, 6.07) is 10.6. The Bertz CT molecular complexity index is 896. The number of nitrogens with zero attached hydrogens (tertiary/aromatic N) is 1. The standard InChI is InChI=1S/C15H13N3/c1-8-3-5-10-12(7-8)18-15-13(10)17-11-6-4-9(2)16-14(11)15/h3-7,17-18H,1-2H3. The predicted octanol–water partition coefficient (Wildman–Crippen LogP) is 3.81. The first-order valence-electron chi connectivity index (χ1n) is 6.10. The summed E-state index contributed by atoms with van der Waals surface area (Å²) in [4.78, 5) is 11.5. The molecule has 0 unspecified atom stereocenters. The molecule has 0 bridgehead atoms. The Morgan fingerprint density at radius 1 is 0.889 bits per heavy atom. The summed E-state index contributed by atoms with van der Waals surface area (Å²) in [5.41, 5.74) is 7.84. The third-order valence-corrected chi connectivity index (χ3v) is 3.49. The van der Waals surface area contributed by atoms with Gasteiger partial charge in [-0.05, 0) is 37.6 Å². The Balaban J connectivity index is 2.25. The maximum Gasteiger partial charge on any atom is 0.112 e. The van der Waals surface area contributed by atoms with Gasteiger partial charge in [0.2, 0.25) is 0 Å². The third-order valence-electron chi connectivity index (χ3n) is 3.49. The van der Waals surface area contributed by atoms with Gasteiger partial charge in [0.15, 0.2) is 0 Å². The third kappa shape index (κ3) is 1.16. The number of pyridine rings is 1. The molecule has 0 radical (unpaired) electrons. The molecule has 0 aliphatic heterocycles. The Kier molecular flexibility index (Phi) is 1.69. The van der Waals surface area contributed by atoms with Crippen molar-refractivity contribution in [1.82, 2.24) is 15.0 Å². The summed E-state index contributed by atoms with van der Waals surface area (Å²) in [6.45, 7) is 4.13. The van der Waals surface area contributed by atoms with Gasteiger partial charge in [0.1, 0.15) is 5.52 Å². The molecule has 3 nitrogen and oxygen atoms in total. The Morgan fingerprint density at radius 2 is 1.72 bits per heavy atom. The van der Waals surface area contributed by atoms with Crippen molar-refractivity contribution in [2.24, 2.45) is 0 Å². The summed E-state index contributed by atoms with van der Waals surface area (Å²) >= 11 is 0. The fourth-order valence-electron chi connectivity index (χ4n) is 2.60. The maximum atomic E-state index is 4.62. The van der Waals surface area contributed by atoms with Crippen LogP contribution in [0.15, 0.2) is 30.3 Å². The number of rotatable bonds is 0. The van der Waals surface area contributed by atoms with Gasteiger partial charge < -0.3 is 9.97 Å². The van der Waals surface area contributed by atoms with Gasteiger partial charge in [-0.25, -0.2) is 4.98 Å². The van der Waals surface area contributed by atoms with Gasteiger partial charge in [-0.1, -0.05) is 12.1 Å². The summed E-state index contributed by atoms with van der Waals surface area (Å²) in [5.74, 6) is 0. The second-order valence-corrected chi connectivity index (χ2v) is 4.90. The predicted molar refractivity (Wildman–Crippen MR) is 74.9 cm³/mol. The quantitative estimate of drug-likeness (QED) is 0.478. The largest absolute Gasteiger partial charge is 0.351 e. The van der Waals surface area contributed by atoms with Crippen LogP contribution in [0, 0.1) is 13.8 Å². The molecule has 3 heteroatoms. The van der Waals surface area contributed by atoms with E-state index in [0.717, 1.165) is 27.8 Å². The van der Waals surface area contributed by atoms with Crippen molar-refractivity contribution in [2.45, 2.75) is 13.8 Å². The zero-order valence-corrected chi connectivity index (χ0v) is 10.3. The number of aryl methyl sites for hydroxylation is 2. The van der Waals surface area contributed by atoms with E-state index in [-0.39, 0.29) is 0 Å². The fourth-order valence-corrected chi connectivity index (χ4v) is 2.60. The molecule has 0 atom stereocenters. The average Bonchev–Trinajstić information content (AvgIpc) is 2.84. The molecule has 4 aromatic rings. The lowest BCUT2D eigenvalue weighted by molar-refractivity contribution is 1.26. The minimum atomic E-state index is 1.03. The van der Waals surface area contributed by atoms with E-state index in [1.54, 1.807) is 0 Å². The van der Waals surface area contributed by atoms with Gasteiger partial charge in [0.05, 0.1) is 16.6 Å². The number of nitrogens with one attached hydrogen (secondary N) is 2. The lowest BCUT2D eigenvalue weighted by Gasteiger charge is -1.94. The van der Waals surface area contributed by atoms with Crippen molar-refractivity contribution in [3.8, 4) is 0 Å². The van der Waals surface area contributed by atoms with Crippen LogP contribution in [-0.2, 0) is 0 Å². The number of hydrogen-bond donors (Lipinski definition) is 2. The van der Waals surface area contributed by atoms with Crippen molar-refractivity contribution in [2.75, 3.05) is 0 Å². The van der Waals surface area contributed by atoms with Gasteiger partial charge in [-0.3, -0.25) is 0 Å². The van der Waals surface area contributed by atoms with Gasteiger partial charge in [-0.2, -0.15) is 0 Å². The van der Waals surface area contributed by atoms with E-state index >= 15 is 0 Å². The van der Waals surface area contributed by atoms with Crippen LogP contribution in [0.4, 0.5) is 0 Å². The molecule has 0 amide bonds. The highest BCUT2D eigenvalue weighted by atomic mass is 14.9. The van der Waals surface area contributed by atoms with Crippen LogP contribution < -0.4 is 0 Å². The molecule has 0 spiro atoms. The topological polar surface area (TPSA) is 44.5 Å². The molecule has 0 fully saturated rings. The first-order chi connectivity index (χ1) is 8.72. The second-order valence-electron chi connectivity index (χ2n) is 4.90. The number of hydrogen-bond acceptors (Lipinski definition) is 1. The number of fused-ring (bicyclic) bond motifs is 5. The number of aromatic nitrogens is 3. The minimum absolute atomic E-state index is 1.03. The molecule has 0 saturated carbocycles. The molecule has 0 aliphatic rings. The Labute approximate surface area is 104 Å². The van der Waals surface area contributed by atoms with E-state index in [1.807, 2.05) is 13.0 Å². The lowest BCUT2D eigenvalue weighted by Crippen LogP contribution is -1.80. The number of H-pyrrole nitrogens is 2. The molecule has 18 heavy (non-hydrogen) atoms. The van der Waals surface area contributed by atoms with Crippen LogP contribution in [0.2, 0.25) is 0 Å². The average molecular weight is 235 g/mol. The summed E-state index contributed by atoms with van der Waals surface area (Å²) < 4.78 is 0. The monoisotopic (exact) mass is 235 g/mol. The van der Waals surface area contributed by atoms with Gasteiger partial charge in [-0.15, -0.1) is 0 Å². The van der Waals surface area contributed by atoms with E-state index in [0.29, 0.717) is 0 Å². The van der Waals surface area contributed by atoms with Crippen LogP contribution in [0.1, 0.15) is 11.3 Å². The maximum absolute atomic E-state index is 4.62. The number of aromatic amines is 2. The normalized spacial score (nSPS) is 11.9. The van der Waals surface area contributed by atoms with Crippen molar-refractivity contribution >= 4 is 33.0 Å². The van der Waals surface area contributed by atoms with Crippen LogP contribution in [-0.4, -0.2) is 15.0 Å². The zero-order valence-electron chi connectivity index (χ0n) is 10.3.